The zero-order chi connectivity index (χ0) is 30.8. The number of aromatic nitrogens is 2. The smallest absolute Gasteiger partial charge is 0.427 e. The molecule has 0 aliphatic carbocycles. The number of hydrogen-bond acceptors (Lipinski definition) is 9. The highest BCUT2D eigenvalue weighted by molar-refractivity contribution is 7.93. The van der Waals surface area contributed by atoms with Crippen molar-refractivity contribution in [2.75, 3.05) is 29.3 Å². The van der Waals surface area contributed by atoms with Crippen molar-refractivity contribution in [3.8, 4) is 11.6 Å². The number of aryl methyl sites for hydroxylation is 1. The Morgan fingerprint density at radius 3 is 2.51 bits per heavy atom. The lowest BCUT2D eigenvalue weighted by atomic mass is 10.1. The monoisotopic (exact) mass is 607 g/mol. The molecule has 1 atom stereocenters. The summed E-state index contributed by atoms with van der Waals surface area (Å²) in [4.78, 5) is 34.2. The number of benzene rings is 1. The SMILES string of the molecule is CCn1cc(S(=O)(=O)N2CC(CNC(C)=O)Oc3ccc(NC(=O)OC(C)(C)C(F)(F)F)cc32)c(OCC(=O)O)n1. The Kier molecular flexibility index (Phi) is 8.95. The first kappa shape index (κ1) is 31.3. The number of carbonyl (C=O) groups is 3. The number of carboxylic acids is 1. The minimum atomic E-state index is -4.86. The highest BCUT2D eigenvalue weighted by Crippen LogP contribution is 2.40. The quantitative estimate of drug-likeness (QED) is 0.363. The fourth-order valence-corrected chi connectivity index (χ4v) is 5.06. The molecule has 1 aliphatic rings. The van der Waals surface area contributed by atoms with Gasteiger partial charge in [-0.2, -0.15) is 13.2 Å². The Labute approximate surface area is 232 Å². The van der Waals surface area contributed by atoms with Crippen molar-refractivity contribution < 1.29 is 55.3 Å². The molecule has 2 aromatic rings. The van der Waals surface area contributed by atoms with Gasteiger partial charge in [-0.05, 0) is 39.0 Å². The highest BCUT2D eigenvalue weighted by Gasteiger charge is 2.51. The zero-order valence-electron chi connectivity index (χ0n) is 22.3. The molecule has 3 N–H and O–H groups in total. The lowest BCUT2D eigenvalue weighted by molar-refractivity contribution is -0.242. The molecule has 1 aromatic carbocycles. The van der Waals surface area contributed by atoms with Gasteiger partial charge in [0.1, 0.15) is 11.9 Å². The van der Waals surface area contributed by atoms with E-state index in [1.54, 1.807) is 6.92 Å². The Hall–Kier alpha value is -4.22. The van der Waals surface area contributed by atoms with E-state index in [9.17, 15) is 36.0 Å². The maximum absolute atomic E-state index is 13.9. The molecule has 2 amide bonds. The van der Waals surface area contributed by atoms with E-state index in [2.05, 4.69) is 20.5 Å². The molecule has 0 saturated carbocycles. The van der Waals surface area contributed by atoms with Crippen LogP contribution in [0, 0.1) is 0 Å². The van der Waals surface area contributed by atoms with Crippen molar-refractivity contribution in [3.05, 3.63) is 24.4 Å². The maximum atomic E-state index is 13.9. The van der Waals surface area contributed by atoms with Crippen molar-refractivity contribution in [1.82, 2.24) is 15.1 Å². The van der Waals surface area contributed by atoms with Crippen LogP contribution in [0.2, 0.25) is 0 Å². The summed E-state index contributed by atoms with van der Waals surface area (Å²) in [7, 11) is -4.56. The average Bonchev–Trinajstić information content (AvgIpc) is 3.29. The third kappa shape index (κ3) is 7.30. The Bertz CT molecular complexity index is 1430. The van der Waals surface area contributed by atoms with Crippen LogP contribution in [0.1, 0.15) is 27.7 Å². The van der Waals surface area contributed by atoms with E-state index in [1.807, 2.05) is 0 Å². The van der Waals surface area contributed by atoms with Gasteiger partial charge in [0, 0.05) is 25.4 Å². The van der Waals surface area contributed by atoms with Gasteiger partial charge in [-0.15, -0.1) is 5.10 Å². The number of nitrogens with zero attached hydrogens (tertiary/aromatic N) is 3. The highest BCUT2D eigenvalue weighted by atomic mass is 32.2. The van der Waals surface area contributed by atoms with Gasteiger partial charge in [0.05, 0.1) is 18.8 Å². The Morgan fingerprint density at radius 1 is 1.24 bits per heavy atom. The van der Waals surface area contributed by atoms with Crippen LogP contribution in [0.4, 0.5) is 29.3 Å². The number of anilines is 2. The molecule has 41 heavy (non-hydrogen) atoms. The van der Waals surface area contributed by atoms with E-state index in [0.29, 0.717) is 13.8 Å². The van der Waals surface area contributed by atoms with E-state index in [4.69, 9.17) is 14.6 Å². The predicted octanol–water partition coefficient (Wildman–Crippen LogP) is 2.35. The number of alkyl halides is 3. The molecule has 0 fully saturated rings. The van der Waals surface area contributed by atoms with E-state index >= 15 is 0 Å². The molecule has 0 spiro atoms. The van der Waals surface area contributed by atoms with Gasteiger partial charge in [-0.3, -0.25) is 19.1 Å². The number of amides is 2. The molecule has 0 saturated heterocycles. The lowest BCUT2D eigenvalue weighted by Crippen LogP contribution is -2.48. The van der Waals surface area contributed by atoms with Crippen LogP contribution in [-0.2, 0) is 30.9 Å². The number of carboxylic acid groups (broad SMARTS) is 1. The van der Waals surface area contributed by atoms with Gasteiger partial charge in [0.25, 0.3) is 15.9 Å². The number of halogens is 3. The number of sulfonamides is 1. The van der Waals surface area contributed by atoms with Crippen LogP contribution < -0.4 is 24.4 Å². The second kappa shape index (κ2) is 11.7. The normalized spacial score (nSPS) is 15.4. The Morgan fingerprint density at radius 2 is 1.93 bits per heavy atom. The number of hydrogen-bond donors (Lipinski definition) is 3. The lowest BCUT2D eigenvalue weighted by Gasteiger charge is -2.35. The summed E-state index contributed by atoms with van der Waals surface area (Å²) in [5, 5.41) is 17.6. The van der Waals surface area contributed by atoms with Gasteiger partial charge < -0.3 is 24.6 Å². The molecule has 226 valence electrons. The molecule has 0 bridgehead atoms. The second-order valence-electron chi connectivity index (χ2n) is 9.25. The van der Waals surface area contributed by atoms with Crippen molar-refractivity contribution in [2.24, 2.45) is 0 Å². The number of fused-ring (bicyclic) bond motifs is 1. The van der Waals surface area contributed by atoms with Crippen molar-refractivity contribution in [2.45, 2.75) is 57.0 Å². The summed E-state index contributed by atoms with van der Waals surface area (Å²) in [6.07, 6.45) is -6.05. The molecule has 1 aliphatic heterocycles. The van der Waals surface area contributed by atoms with Crippen LogP contribution in [0.3, 0.4) is 0 Å². The molecule has 2 heterocycles. The van der Waals surface area contributed by atoms with Gasteiger partial charge in [-0.25, -0.2) is 18.0 Å². The number of aliphatic carboxylic acids is 1. The predicted molar refractivity (Wildman–Crippen MR) is 135 cm³/mol. The maximum Gasteiger partial charge on any atom is 0.427 e. The zero-order valence-corrected chi connectivity index (χ0v) is 23.1. The van der Waals surface area contributed by atoms with E-state index in [1.165, 1.54) is 23.7 Å². The van der Waals surface area contributed by atoms with Crippen LogP contribution in [0.5, 0.6) is 11.6 Å². The summed E-state index contributed by atoms with van der Waals surface area (Å²) in [5.41, 5.74) is -3.06. The molecule has 18 heteroatoms. The molecule has 1 aromatic heterocycles. The summed E-state index contributed by atoms with van der Waals surface area (Å²) in [6.45, 7) is 3.14. The Balaban J connectivity index is 2.02. The standard InChI is InChI=1S/C23H28F3N5O9S/c1-5-30-11-18(20(29-30)38-12-19(33)34)41(36,37)31-10-15(9-27-13(2)32)39-17-7-6-14(8-16(17)31)28-21(35)40-22(3,4)23(24,25)26/h6-8,11,15H,5,9-10,12H2,1-4H3,(H,27,32)(H,28,35)(H,33,34). The summed E-state index contributed by atoms with van der Waals surface area (Å²) in [5.74, 6) is -2.25. The van der Waals surface area contributed by atoms with E-state index in [0.717, 1.165) is 16.6 Å². The number of carbonyl (C=O) groups excluding carboxylic acids is 2. The summed E-state index contributed by atoms with van der Waals surface area (Å²) < 4.78 is 84.8. The molecule has 3 rings (SSSR count). The van der Waals surface area contributed by atoms with E-state index in [-0.39, 0.29) is 36.8 Å². The molecular weight excluding hydrogens is 579 g/mol. The first-order chi connectivity index (χ1) is 18.9. The van der Waals surface area contributed by atoms with Crippen molar-refractivity contribution >= 4 is 39.4 Å². The molecular formula is C23H28F3N5O9S. The van der Waals surface area contributed by atoms with Crippen LogP contribution in [-0.4, -0.2) is 78.9 Å². The minimum Gasteiger partial charge on any atom is -0.484 e. The van der Waals surface area contributed by atoms with Crippen LogP contribution in [0.15, 0.2) is 29.3 Å². The third-order valence-electron chi connectivity index (χ3n) is 5.67. The topological polar surface area (TPSA) is 178 Å². The van der Waals surface area contributed by atoms with Gasteiger partial charge in [0.2, 0.25) is 11.5 Å². The van der Waals surface area contributed by atoms with Gasteiger partial charge in [-0.1, -0.05) is 0 Å². The van der Waals surface area contributed by atoms with Crippen LogP contribution >= 0.6 is 0 Å². The average molecular weight is 608 g/mol. The van der Waals surface area contributed by atoms with E-state index < -0.39 is 63.3 Å². The largest absolute Gasteiger partial charge is 0.484 e. The van der Waals surface area contributed by atoms with Crippen LogP contribution in [0.25, 0.3) is 0 Å². The number of nitrogens with one attached hydrogen (secondary N) is 2. The van der Waals surface area contributed by atoms with Gasteiger partial charge >= 0.3 is 18.2 Å². The molecule has 0 radical (unpaired) electrons. The minimum absolute atomic E-state index is 0.000559. The third-order valence-corrected chi connectivity index (χ3v) is 7.43. The molecule has 1 unspecified atom stereocenters. The number of rotatable bonds is 10. The van der Waals surface area contributed by atoms with Gasteiger partial charge in [0.15, 0.2) is 11.5 Å². The van der Waals surface area contributed by atoms with Crippen molar-refractivity contribution in [3.63, 3.8) is 0 Å². The summed E-state index contributed by atoms with van der Waals surface area (Å²) >= 11 is 0. The molecule has 14 nitrogen and oxygen atoms in total. The number of ether oxygens (including phenoxy) is 3. The first-order valence-corrected chi connectivity index (χ1v) is 13.4. The van der Waals surface area contributed by atoms with Crippen molar-refractivity contribution in [1.29, 1.82) is 0 Å². The fraction of sp³-hybridized carbons (Fsp3) is 0.478. The fourth-order valence-electron chi connectivity index (χ4n) is 3.49. The second-order valence-corrected chi connectivity index (χ2v) is 11.1. The first-order valence-electron chi connectivity index (χ1n) is 12.0. The summed E-state index contributed by atoms with van der Waals surface area (Å²) in [6, 6.07) is 3.67.